The molecule has 1 N–H and O–H groups in total. The van der Waals surface area contributed by atoms with Gasteiger partial charge in [0.15, 0.2) is 0 Å². The molecule has 0 saturated carbocycles. The standard InChI is InChI=1S/C19H20BrF3N2O2.2ClH/c1-26-17-7-4-14(12-16(17)20)18(25-10-8-24-9-11-25)13-2-5-15(6-3-13)27-19(21,22)23;;/h2-7,12,18,24H,8-11H2,1H3;2*1H/t18-;;/m1../s1. The molecule has 1 saturated heterocycles. The smallest absolute Gasteiger partial charge is 0.496 e. The summed E-state index contributed by atoms with van der Waals surface area (Å²) < 4.78 is 47.4. The van der Waals surface area contributed by atoms with E-state index in [-0.39, 0.29) is 36.6 Å². The summed E-state index contributed by atoms with van der Waals surface area (Å²) in [5, 5.41) is 3.32. The van der Waals surface area contributed by atoms with Gasteiger partial charge in [0.25, 0.3) is 0 Å². The zero-order valence-corrected chi connectivity index (χ0v) is 18.8. The number of rotatable bonds is 5. The third kappa shape index (κ3) is 6.93. The van der Waals surface area contributed by atoms with E-state index >= 15 is 0 Å². The summed E-state index contributed by atoms with van der Waals surface area (Å²) in [6.07, 6.45) is -4.69. The van der Waals surface area contributed by atoms with Gasteiger partial charge in [-0.15, -0.1) is 38.0 Å². The maximum absolute atomic E-state index is 12.4. The second kappa shape index (κ2) is 11.3. The molecule has 10 heteroatoms. The first-order chi connectivity index (χ1) is 12.9. The van der Waals surface area contributed by atoms with Gasteiger partial charge in [0.2, 0.25) is 0 Å². The molecular formula is C19H22BrCl2F3N2O2. The van der Waals surface area contributed by atoms with Gasteiger partial charge < -0.3 is 14.8 Å². The van der Waals surface area contributed by atoms with E-state index in [0.29, 0.717) is 0 Å². The Labute approximate surface area is 188 Å². The highest BCUT2D eigenvalue weighted by Gasteiger charge is 2.31. The molecule has 0 aromatic heterocycles. The van der Waals surface area contributed by atoms with E-state index in [1.165, 1.54) is 12.1 Å². The molecule has 1 aliphatic heterocycles. The van der Waals surface area contributed by atoms with Gasteiger partial charge in [0.05, 0.1) is 17.6 Å². The average Bonchev–Trinajstić information content (AvgIpc) is 2.63. The van der Waals surface area contributed by atoms with Gasteiger partial charge in [-0.05, 0) is 51.3 Å². The maximum atomic E-state index is 12.4. The summed E-state index contributed by atoms with van der Waals surface area (Å²) in [7, 11) is 1.60. The predicted octanol–water partition coefficient (Wildman–Crippen LogP) is 5.19. The fraction of sp³-hybridized carbons (Fsp3) is 0.368. The van der Waals surface area contributed by atoms with Crippen LogP contribution in [0.4, 0.5) is 13.2 Å². The van der Waals surface area contributed by atoms with Crippen molar-refractivity contribution in [2.75, 3.05) is 33.3 Å². The van der Waals surface area contributed by atoms with Crippen molar-refractivity contribution in [1.29, 1.82) is 0 Å². The van der Waals surface area contributed by atoms with Gasteiger partial charge in [-0.1, -0.05) is 18.2 Å². The second-order valence-electron chi connectivity index (χ2n) is 6.20. The van der Waals surface area contributed by atoms with Gasteiger partial charge >= 0.3 is 6.36 Å². The topological polar surface area (TPSA) is 33.7 Å². The number of piperazine rings is 1. The lowest BCUT2D eigenvalue weighted by Gasteiger charge is -2.35. The first kappa shape index (κ1) is 25.8. The van der Waals surface area contributed by atoms with Crippen LogP contribution in [0.25, 0.3) is 0 Å². The molecule has 0 unspecified atom stereocenters. The Morgan fingerprint density at radius 1 is 1.00 bits per heavy atom. The van der Waals surface area contributed by atoms with E-state index in [1.807, 2.05) is 18.2 Å². The summed E-state index contributed by atoms with van der Waals surface area (Å²) in [6, 6.07) is 11.9. The summed E-state index contributed by atoms with van der Waals surface area (Å²) in [5.74, 6) is 0.507. The van der Waals surface area contributed by atoms with Crippen LogP contribution < -0.4 is 14.8 Å². The van der Waals surface area contributed by atoms with Crippen LogP contribution in [0, 0.1) is 0 Å². The number of hydrogen-bond donors (Lipinski definition) is 1. The number of ether oxygens (including phenoxy) is 2. The van der Waals surface area contributed by atoms with E-state index in [2.05, 4.69) is 30.9 Å². The Hall–Kier alpha value is -1.19. The number of hydrogen-bond acceptors (Lipinski definition) is 4. The molecule has 2 aromatic carbocycles. The minimum absolute atomic E-state index is 0. The highest BCUT2D eigenvalue weighted by Crippen LogP contribution is 2.35. The van der Waals surface area contributed by atoms with Crippen LogP contribution >= 0.6 is 40.7 Å². The number of nitrogens with zero attached hydrogens (tertiary/aromatic N) is 1. The summed E-state index contributed by atoms with van der Waals surface area (Å²) in [6.45, 7) is 3.41. The van der Waals surface area contributed by atoms with Gasteiger partial charge in [0.1, 0.15) is 11.5 Å². The van der Waals surface area contributed by atoms with Crippen molar-refractivity contribution < 1.29 is 22.6 Å². The molecule has 0 aliphatic carbocycles. The molecule has 162 valence electrons. The van der Waals surface area contributed by atoms with Gasteiger partial charge in [-0.3, -0.25) is 4.90 Å². The lowest BCUT2D eigenvalue weighted by Crippen LogP contribution is -2.45. The SMILES string of the molecule is COc1ccc([C@@H](c2ccc(OC(F)(F)F)cc2)N2CCNCC2)cc1Br.Cl.Cl. The number of halogens is 6. The molecule has 29 heavy (non-hydrogen) atoms. The summed E-state index contributed by atoms with van der Waals surface area (Å²) in [4.78, 5) is 2.31. The van der Waals surface area contributed by atoms with Crippen LogP contribution in [0.1, 0.15) is 17.2 Å². The van der Waals surface area contributed by atoms with Crippen LogP contribution in [-0.4, -0.2) is 44.6 Å². The lowest BCUT2D eigenvalue weighted by atomic mass is 9.96. The van der Waals surface area contributed by atoms with Crippen molar-refractivity contribution in [2.45, 2.75) is 12.4 Å². The van der Waals surface area contributed by atoms with Crippen molar-refractivity contribution in [3.63, 3.8) is 0 Å². The fourth-order valence-electron chi connectivity index (χ4n) is 3.26. The molecule has 1 fully saturated rings. The molecule has 1 heterocycles. The number of methoxy groups -OCH3 is 1. The van der Waals surface area contributed by atoms with Crippen molar-refractivity contribution in [2.24, 2.45) is 0 Å². The maximum Gasteiger partial charge on any atom is 0.573 e. The normalized spacial score (nSPS) is 15.6. The van der Waals surface area contributed by atoms with E-state index in [1.54, 1.807) is 19.2 Å². The predicted molar refractivity (Wildman–Crippen MR) is 115 cm³/mol. The summed E-state index contributed by atoms with van der Waals surface area (Å²) in [5.41, 5.74) is 1.94. The molecule has 0 spiro atoms. The number of nitrogens with one attached hydrogen (secondary N) is 1. The summed E-state index contributed by atoms with van der Waals surface area (Å²) >= 11 is 3.52. The first-order valence-corrected chi connectivity index (χ1v) is 9.30. The van der Waals surface area contributed by atoms with Crippen LogP contribution in [0.15, 0.2) is 46.9 Å². The second-order valence-corrected chi connectivity index (χ2v) is 7.05. The minimum Gasteiger partial charge on any atom is -0.496 e. The van der Waals surface area contributed by atoms with Crippen molar-refractivity contribution in [1.82, 2.24) is 10.2 Å². The minimum atomic E-state index is -4.69. The third-order valence-electron chi connectivity index (χ3n) is 4.44. The molecule has 0 bridgehead atoms. The molecule has 0 radical (unpaired) electrons. The quantitative estimate of drug-likeness (QED) is 0.591. The zero-order valence-electron chi connectivity index (χ0n) is 15.5. The molecule has 4 nitrogen and oxygen atoms in total. The monoisotopic (exact) mass is 516 g/mol. The van der Waals surface area contributed by atoms with E-state index in [4.69, 9.17) is 4.74 Å². The Balaban J connectivity index is 0.00000210. The third-order valence-corrected chi connectivity index (χ3v) is 5.06. The highest BCUT2D eigenvalue weighted by molar-refractivity contribution is 9.10. The van der Waals surface area contributed by atoms with E-state index in [9.17, 15) is 13.2 Å². The molecule has 2 aromatic rings. The zero-order chi connectivity index (χ0) is 19.4. The highest BCUT2D eigenvalue weighted by atomic mass is 79.9. The Kier molecular flexibility index (Phi) is 10.0. The Morgan fingerprint density at radius 3 is 2.10 bits per heavy atom. The molecule has 1 aliphatic rings. The molecule has 1 atom stereocenters. The van der Waals surface area contributed by atoms with Crippen LogP contribution in [0.2, 0.25) is 0 Å². The number of alkyl halides is 3. The lowest BCUT2D eigenvalue weighted by molar-refractivity contribution is -0.274. The molecule has 0 amide bonds. The van der Waals surface area contributed by atoms with Crippen molar-refractivity contribution in [3.8, 4) is 11.5 Å². The molecule has 3 rings (SSSR count). The van der Waals surface area contributed by atoms with Crippen molar-refractivity contribution >= 4 is 40.7 Å². The Morgan fingerprint density at radius 2 is 1.59 bits per heavy atom. The number of benzene rings is 2. The fourth-order valence-corrected chi connectivity index (χ4v) is 3.82. The van der Waals surface area contributed by atoms with E-state index < -0.39 is 6.36 Å². The average molecular weight is 518 g/mol. The van der Waals surface area contributed by atoms with Gasteiger partial charge in [-0.25, -0.2) is 0 Å². The van der Waals surface area contributed by atoms with Crippen LogP contribution in [0.3, 0.4) is 0 Å². The first-order valence-electron chi connectivity index (χ1n) is 8.51. The molecular weight excluding hydrogens is 496 g/mol. The van der Waals surface area contributed by atoms with Crippen LogP contribution in [0.5, 0.6) is 11.5 Å². The largest absolute Gasteiger partial charge is 0.573 e. The van der Waals surface area contributed by atoms with E-state index in [0.717, 1.165) is 47.5 Å². The van der Waals surface area contributed by atoms with Gasteiger partial charge in [-0.2, -0.15) is 0 Å². The van der Waals surface area contributed by atoms with Crippen molar-refractivity contribution in [3.05, 3.63) is 58.1 Å². The van der Waals surface area contributed by atoms with Crippen LogP contribution in [-0.2, 0) is 0 Å². The van der Waals surface area contributed by atoms with Gasteiger partial charge in [0, 0.05) is 26.2 Å². The Bertz CT molecular complexity index is 773.